The second kappa shape index (κ2) is 5.87. The molecular formula is C13H17N3O4. The molecule has 0 saturated carbocycles. The van der Waals surface area contributed by atoms with Gasteiger partial charge in [-0.15, -0.1) is 0 Å². The van der Waals surface area contributed by atoms with E-state index in [4.69, 9.17) is 10.5 Å². The van der Waals surface area contributed by atoms with Crippen molar-refractivity contribution >= 4 is 17.3 Å². The molecule has 1 aliphatic heterocycles. The van der Waals surface area contributed by atoms with Gasteiger partial charge < -0.3 is 15.8 Å². The Kier molecular flexibility index (Phi) is 4.19. The minimum atomic E-state index is -0.597. The lowest BCUT2D eigenvalue weighted by Gasteiger charge is -2.19. The van der Waals surface area contributed by atoms with E-state index in [9.17, 15) is 14.9 Å². The lowest BCUT2D eigenvalue weighted by atomic mass is 10.0. The van der Waals surface area contributed by atoms with E-state index >= 15 is 0 Å². The third-order valence-corrected chi connectivity index (χ3v) is 3.52. The van der Waals surface area contributed by atoms with Gasteiger partial charge in [0.15, 0.2) is 0 Å². The van der Waals surface area contributed by atoms with Gasteiger partial charge in [0.2, 0.25) is 0 Å². The zero-order valence-corrected chi connectivity index (χ0v) is 11.2. The van der Waals surface area contributed by atoms with Gasteiger partial charge in [-0.2, -0.15) is 0 Å². The van der Waals surface area contributed by atoms with Crippen LogP contribution in [0.1, 0.15) is 23.7 Å². The summed E-state index contributed by atoms with van der Waals surface area (Å²) in [7, 11) is 0. The molecular weight excluding hydrogens is 262 g/mol. The van der Waals surface area contributed by atoms with E-state index in [2.05, 4.69) is 5.32 Å². The average molecular weight is 279 g/mol. The molecule has 0 bridgehead atoms. The molecule has 2 atom stereocenters. The summed E-state index contributed by atoms with van der Waals surface area (Å²) in [6, 6.07) is 4.01. The van der Waals surface area contributed by atoms with Crippen LogP contribution in [-0.4, -0.2) is 30.1 Å². The fourth-order valence-corrected chi connectivity index (χ4v) is 2.20. The van der Waals surface area contributed by atoms with E-state index < -0.39 is 4.92 Å². The Hall–Kier alpha value is -2.15. The second-order valence-electron chi connectivity index (χ2n) is 4.92. The Morgan fingerprint density at radius 2 is 2.35 bits per heavy atom. The normalized spacial score (nSPS) is 19.6. The van der Waals surface area contributed by atoms with Crippen LogP contribution in [0.3, 0.4) is 0 Å². The number of rotatable bonds is 4. The van der Waals surface area contributed by atoms with Gasteiger partial charge in [-0.05, 0) is 25.5 Å². The summed E-state index contributed by atoms with van der Waals surface area (Å²) in [6.45, 7) is 3.24. The number of carbonyl (C=O) groups is 1. The van der Waals surface area contributed by atoms with Crippen molar-refractivity contribution in [2.75, 3.05) is 18.9 Å². The molecule has 1 aromatic carbocycles. The molecule has 0 radical (unpaired) electrons. The molecule has 0 spiro atoms. The Morgan fingerprint density at radius 3 is 2.95 bits per heavy atom. The monoisotopic (exact) mass is 279 g/mol. The molecule has 1 aromatic rings. The van der Waals surface area contributed by atoms with E-state index in [0.29, 0.717) is 13.2 Å². The van der Waals surface area contributed by atoms with Crippen LogP contribution < -0.4 is 11.1 Å². The number of nitrogen functional groups attached to an aromatic ring is 1. The SMILES string of the molecule is CC(NC(=O)c1ccc(N)c([N+](=O)[O-])c1)C1CCOC1. The molecule has 2 unspecified atom stereocenters. The number of nitro groups is 1. The van der Waals surface area contributed by atoms with E-state index in [1.165, 1.54) is 18.2 Å². The van der Waals surface area contributed by atoms with Crippen molar-refractivity contribution in [1.29, 1.82) is 0 Å². The molecule has 108 valence electrons. The topological polar surface area (TPSA) is 107 Å². The largest absolute Gasteiger partial charge is 0.393 e. The van der Waals surface area contributed by atoms with E-state index in [-0.39, 0.29) is 34.8 Å². The van der Waals surface area contributed by atoms with Crippen molar-refractivity contribution in [2.24, 2.45) is 5.92 Å². The first-order chi connectivity index (χ1) is 9.49. The highest BCUT2D eigenvalue weighted by atomic mass is 16.6. The molecule has 1 aliphatic rings. The van der Waals surface area contributed by atoms with Crippen LogP contribution in [0.15, 0.2) is 18.2 Å². The van der Waals surface area contributed by atoms with Crippen LogP contribution in [0.4, 0.5) is 11.4 Å². The number of nitro benzene ring substituents is 1. The first kappa shape index (κ1) is 14.3. The number of nitrogens with one attached hydrogen (secondary N) is 1. The number of ether oxygens (including phenoxy) is 1. The average Bonchev–Trinajstić information content (AvgIpc) is 2.92. The van der Waals surface area contributed by atoms with Crippen molar-refractivity contribution < 1.29 is 14.5 Å². The molecule has 7 nitrogen and oxygen atoms in total. The van der Waals surface area contributed by atoms with Crippen LogP contribution in [0.5, 0.6) is 0 Å². The molecule has 0 aliphatic carbocycles. The number of hydrogen-bond donors (Lipinski definition) is 2. The Bertz CT molecular complexity index is 526. The molecule has 2 rings (SSSR count). The number of amides is 1. The van der Waals surface area contributed by atoms with Gasteiger partial charge in [0, 0.05) is 30.2 Å². The maximum absolute atomic E-state index is 12.1. The number of carbonyl (C=O) groups excluding carboxylic acids is 1. The fourth-order valence-electron chi connectivity index (χ4n) is 2.20. The molecule has 1 saturated heterocycles. The maximum atomic E-state index is 12.1. The van der Waals surface area contributed by atoms with E-state index in [1.807, 2.05) is 6.92 Å². The number of anilines is 1. The summed E-state index contributed by atoms with van der Waals surface area (Å²) in [5.41, 5.74) is 5.52. The lowest BCUT2D eigenvalue weighted by molar-refractivity contribution is -0.383. The highest BCUT2D eigenvalue weighted by Gasteiger charge is 2.24. The zero-order chi connectivity index (χ0) is 14.7. The number of benzene rings is 1. The first-order valence-electron chi connectivity index (χ1n) is 6.41. The molecule has 3 N–H and O–H groups in total. The second-order valence-corrected chi connectivity index (χ2v) is 4.92. The standard InChI is InChI=1S/C13H17N3O4/c1-8(10-4-5-20-7-10)15-13(17)9-2-3-11(14)12(6-9)16(18)19/h2-3,6,8,10H,4-5,7,14H2,1H3,(H,15,17). The minimum absolute atomic E-state index is 0.0402. The molecule has 1 heterocycles. The quantitative estimate of drug-likeness (QED) is 0.491. The summed E-state index contributed by atoms with van der Waals surface area (Å²) in [4.78, 5) is 22.3. The summed E-state index contributed by atoms with van der Waals surface area (Å²) in [6.07, 6.45) is 0.906. The van der Waals surface area contributed by atoms with Gasteiger partial charge in [0.1, 0.15) is 5.69 Å². The summed E-state index contributed by atoms with van der Waals surface area (Å²) in [5.74, 6) is -0.0600. The lowest BCUT2D eigenvalue weighted by Crippen LogP contribution is -2.38. The van der Waals surface area contributed by atoms with Crippen molar-refractivity contribution in [2.45, 2.75) is 19.4 Å². The minimum Gasteiger partial charge on any atom is -0.393 e. The molecule has 20 heavy (non-hydrogen) atoms. The first-order valence-corrected chi connectivity index (χ1v) is 6.41. The summed E-state index contributed by atoms with van der Waals surface area (Å²) in [5, 5.41) is 13.6. The van der Waals surface area contributed by atoms with Crippen LogP contribution in [0.2, 0.25) is 0 Å². The van der Waals surface area contributed by atoms with Crippen LogP contribution in [-0.2, 0) is 4.74 Å². The fraction of sp³-hybridized carbons (Fsp3) is 0.462. The number of hydrogen-bond acceptors (Lipinski definition) is 5. The third kappa shape index (κ3) is 3.05. The van der Waals surface area contributed by atoms with E-state index in [0.717, 1.165) is 6.42 Å². The summed E-state index contributed by atoms with van der Waals surface area (Å²) < 4.78 is 5.27. The zero-order valence-electron chi connectivity index (χ0n) is 11.2. The number of nitrogens with two attached hydrogens (primary N) is 1. The van der Waals surface area contributed by atoms with Gasteiger partial charge in [-0.25, -0.2) is 0 Å². The Labute approximate surface area is 116 Å². The number of nitrogens with zero attached hydrogens (tertiary/aromatic N) is 1. The summed E-state index contributed by atoms with van der Waals surface area (Å²) >= 11 is 0. The predicted octanol–water partition coefficient (Wildman–Crippen LogP) is 1.33. The van der Waals surface area contributed by atoms with Gasteiger partial charge in [0.25, 0.3) is 11.6 Å². The third-order valence-electron chi connectivity index (χ3n) is 3.52. The Balaban J connectivity index is 2.08. The molecule has 0 aromatic heterocycles. The Morgan fingerprint density at radius 1 is 1.60 bits per heavy atom. The predicted molar refractivity (Wildman–Crippen MR) is 73.4 cm³/mol. The smallest absolute Gasteiger partial charge is 0.292 e. The van der Waals surface area contributed by atoms with Crippen LogP contribution in [0, 0.1) is 16.0 Å². The maximum Gasteiger partial charge on any atom is 0.292 e. The van der Waals surface area contributed by atoms with Crippen molar-refractivity contribution in [3.63, 3.8) is 0 Å². The van der Waals surface area contributed by atoms with Crippen LogP contribution >= 0.6 is 0 Å². The molecule has 1 fully saturated rings. The van der Waals surface area contributed by atoms with Crippen molar-refractivity contribution in [3.05, 3.63) is 33.9 Å². The highest BCUT2D eigenvalue weighted by Crippen LogP contribution is 2.23. The molecule has 1 amide bonds. The van der Waals surface area contributed by atoms with Crippen LogP contribution in [0.25, 0.3) is 0 Å². The van der Waals surface area contributed by atoms with Gasteiger partial charge in [-0.3, -0.25) is 14.9 Å². The van der Waals surface area contributed by atoms with E-state index in [1.54, 1.807) is 0 Å². The van der Waals surface area contributed by atoms with Gasteiger partial charge in [-0.1, -0.05) is 0 Å². The highest BCUT2D eigenvalue weighted by molar-refractivity contribution is 5.95. The van der Waals surface area contributed by atoms with Crippen molar-refractivity contribution in [3.8, 4) is 0 Å². The van der Waals surface area contributed by atoms with Crippen molar-refractivity contribution in [1.82, 2.24) is 5.32 Å². The van der Waals surface area contributed by atoms with Gasteiger partial charge in [0.05, 0.1) is 11.5 Å². The molecule has 7 heteroatoms. The van der Waals surface area contributed by atoms with Gasteiger partial charge >= 0.3 is 0 Å².